The summed E-state index contributed by atoms with van der Waals surface area (Å²) in [5, 5.41) is 14.0. The Morgan fingerprint density at radius 3 is 2.71 bits per heavy atom. The fourth-order valence-corrected chi connectivity index (χ4v) is 1.96. The molecule has 0 heterocycles. The third-order valence-electron chi connectivity index (χ3n) is 2.87. The molecule has 0 aromatic heterocycles. The molecule has 0 unspecified atom stereocenters. The number of nitro benzene ring substituents is 1. The normalized spacial score (nSPS) is 10.2. The predicted octanol–water partition coefficient (Wildman–Crippen LogP) is 3.74. The van der Waals surface area contributed by atoms with Crippen molar-refractivity contribution in [3.8, 4) is 5.75 Å². The summed E-state index contributed by atoms with van der Waals surface area (Å²) in [4.78, 5) is 10.6. The zero-order chi connectivity index (χ0) is 15.2. The summed E-state index contributed by atoms with van der Waals surface area (Å²) in [7, 11) is 0. The minimum absolute atomic E-state index is 0.00260. The van der Waals surface area contributed by atoms with Crippen LogP contribution in [0.25, 0.3) is 0 Å². The van der Waals surface area contributed by atoms with Gasteiger partial charge in [-0.15, -0.1) is 0 Å². The van der Waals surface area contributed by atoms with Crippen molar-refractivity contribution in [1.29, 1.82) is 0 Å². The van der Waals surface area contributed by atoms with Crippen molar-refractivity contribution in [3.05, 3.63) is 64.0 Å². The monoisotopic (exact) mass is 290 g/mol. The zero-order valence-electron chi connectivity index (χ0n) is 11.5. The molecule has 1 N–H and O–H groups in total. The van der Waals surface area contributed by atoms with Gasteiger partial charge in [-0.3, -0.25) is 10.1 Å². The van der Waals surface area contributed by atoms with E-state index in [0.717, 1.165) is 0 Å². The molecule has 0 aliphatic carbocycles. The molecular formula is C15H15FN2O3. The molecule has 0 aliphatic heterocycles. The van der Waals surface area contributed by atoms with Crippen LogP contribution in [0.2, 0.25) is 0 Å². The van der Waals surface area contributed by atoms with Crippen molar-refractivity contribution >= 4 is 11.4 Å². The third kappa shape index (κ3) is 3.68. The SMILES string of the molecule is CCNc1c(COc2cccc(F)c2)cccc1[N+](=O)[O-]. The van der Waals surface area contributed by atoms with Gasteiger partial charge in [0.05, 0.1) is 4.92 Å². The first-order valence-electron chi connectivity index (χ1n) is 6.50. The molecule has 6 heteroatoms. The molecule has 0 spiro atoms. The average molecular weight is 290 g/mol. The molecule has 21 heavy (non-hydrogen) atoms. The Hall–Kier alpha value is -2.63. The molecule has 0 saturated heterocycles. The summed E-state index contributed by atoms with van der Waals surface area (Å²) in [6, 6.07) is 10.5. The summed E-state index contributed by atoms with van der Waals surface area (Å²) >= 11 is 0. The Bertz CT molecular complexity index is 647. The molecule has 0 amide bonds. The maximum Gasteiger partial charge on any atom is 0.292 e. The molecule has 2 aromatic carbocycles. The topological polar surface area (TPSA) is 64.4 Å². The van der Waals surface area contributed by atoms with Gasteiger partial charge in [0.2, 0.25) is 0 Å². The standard InChI is InChI=1S/C15H15FN2O3/c1-2-17-15-11(5-3-8-14(15)18(19)20)10-21-13-7-4-6-12(16)9-13/h3-9,17H,2,10H2,1H3. The summed E-state index contributed by atoms with van der Waals surface area (Å²) in [6.07, 6.45) is 0. The fraction of sp³-hybridized carbons (Fsp3) is 0.200. The van der Waals surface area contributed by atoms with E-state index in [1.807, 2.05) is 6.92 Å². The number of nitrogens with one attached hydrogen (secondary N) is 1. The summed E-state index contributed by atoms with van der Waals surface area (Å²) in [5.74, 6) is -0.0117. The number of para-hydroxylation sites is 1. The van der Waals surface area contributed by atoms with Crippen LogP contribution in [0.4, 0.5) is 15.8 Å². The van der Waals surface area contributed by atoms with Crippen LogP contribution in [0.3, 0.4) is 0 Å². The minimum atomic E-state index is -0.441. The molecule has 0 radical (unpaired) electrons. The second-order valence-corrected chi connectivity index (χ2v) is 4.34. The van der Waals surface area contributed by atoms with Crippen molar-refractivity contribution in [2.24, 2.45) is 0 Å². The van der Waals surface area contributed by atoms with E-state index in [4.69, 9.17) is 4.74 Å². The molecule has 0 aliphatic rings. The van der Waals surface area contributed by atoms with Crippen molar-refractivity contribution in [2.45, 2.75) is 13.5 Å². The van der Waals surface area contributed by atoms with Crippen LogP contribution in [0.1, 0.15) is 12.5 Å². The molecule has 0 saturated carbocycles. The molecule has 0 fully saturated rings. The van der Waals surface area contributed by atoms with Crippen LogP contribution < -0.4 is 10.1 Å². The summed E-state index contributed by atoms with van der Waals surface area (Å²) < 4.78 is 18.6. The molecule has 2 rings (SSSR count). The Labute approximate surface area is 121 Å². The highest BCUT2D eigenvalue weighted by atomic mass is 19.1. The number of nitrogens with zero attached hydrogens (tertiary/aromatic N) is 1. The highest BCUT2D eigenvalue weighted by Gasteiger charge is 2.17. The largest absolute Gasteiger partial charge is 0.489 e. The number of rotatable bonds is 6. The fourth-order valence-electron chi connectivity index (χ4n) is 1.96. The van der Waals surface area contributed by atoms with Crippen LogP contribution in [0, 0.1) is 15.9 Å². The van der Waals surface area contributed by atoms with Gasteiger partial charge in [-0.2, -0.15) is 0 Å². The molecule has 0 bridgehead atoms. The second-order valence-electron chi connectivity index (χ2n) is 4.34. The number of halogens is 1. The first-order chi connectivity index (χ1) is 10.1. The van der Waals surface area contributed by atoms with Gasteiger partial charge < -0.3 is 10.1 Å². The van der Waals surface area contributed by atoms with Crippen LogP contribution in [-0.2, 0) is 6.61 Å². The number of ether oxygens (including phenoxy) is 1. The Kier molecular flexibility index (Phi) is 4.71. The highest BCUT2D eigenvalue weighted by Crippen LogP contribution is 2.29. The van der Waals surface area contributed by atoms with Gasteiger partial charge in [-0.1, -0.05) is 18.2 Å². The lowest BCUT2D eigenvalue weighted by Crippen LogP contribution is -2.07. The predicted molar refractivity (Wildman–Crippen MR) is 78.0 cm³/mol. The smallest absolute Gasteiger partial charge is 0.292 e. The van der Waals surface area contributed by atoms with Crippen LogP contribution in [0.15, 0.2) is 42.5 Å². The van der Waals surface area contributed by atoms with Gasteiger partial charge in [0.15, 0.2) is 0 Å². The van der Waals surface area contributed by atoms with Crippen molar-refractivity contribution in [2.75, 3.05) is 11.9 Å². The van der Waals surface area contributed by atoms with Crippen molar-refractivity contribution < 1.29 is 14.1 Å². The highest BCUT2D eigenvalue weighted by molar-refractivity contribution is 5.66. The van der Waals surface area contributed by atoms with E-state index < -0.39 is 10.7 Å². The lowest BCUT2D eigenvalue weighted by atomic mass is 10.1. The average Bonchev–Trinajstić information content (AvgIpc) is 2.46. The first kappa shape index (κ1) is 14.8. The Balaban J connectivity index is 2.23. The van der Waals surface area contributed by atoms with Gasteiger partial charge in [-0.25, -0.2) is 4.39 Å². The summed E-state index contributed by atoms with van der Waals surface area (Å²) in [5.41, 5.74) is 1.08. The quantitative estimate of drug-likeness (QED) is 0.650. The van der Waals surface area contributed by atoms with E-state index in [0.29, 0.717) is 23.5 Å². The number of hydrogen-bond donors (Lipinski definition) is 1. The van der Waals surface area contributed by atoms with Gasteiger partial charge in [0, 0.05) is 24.2 Å². The minimum Gasteiger partial charge on any atom is -0.489 e. The van der Waals surface area contributed by atoms with E-state index in [1.54, 1.807) is 24.3 Å². The number of anilines is 1. The van der Waals surface area contributed by atoms with E-state index in [9.17, 15) is 14.5 Å². The summed E-state index contributed by atoms with van der Waals surface area (Å²) in [6.45, 7) is 2.53. The maximum atomic E-state index is 13.1. The lowest BCUT2D eigenvalue weighted by molar-refractivity contribution is -0.384. The molecule has 0 atom stereocenters. The second kappa shape index (κ2) is 6.69. The third-order valence-corrected chi connectivity index (χ3v) is 2.87. The maximum absolute atomic E-state index is 13.1. The first-order valence-corrected chi connectivity index (χ1v) is 6.50. The number of benzene rings is 2. The van der Waals surface area contributed by atoms with Crippen molar-refractivity contribution in [1.82, 2.24) is 0 Å². The molecular weight excluding hydrogens is 275 g/mol. The number of hydrogen-bond acceptors (Lipinski definition) is 4. The van der Waals surface area contributed by atoms with Gasteiger partial charge in [0.25, 0.3) is 5.69 Å². The zero-order valence-corrected chi connectivity index (χ0v) is 11.5. The Morgan fingerprint density at radius 2 is 2.05 bits per heavy atom. The van der Waals surface area contributed by atoms with E-state index >= 15 is 0 Å². The van der Waals surface area contributed by atoms with E-state index in [-0.39, 0.29) is 12.3 Å². The molecule has 110 valence electrons. The van der Waals surface area contributed by atoms with Crippen LogP contribution in [-0.4, -0.2) is 11.5 Å². The van der Waals surface area contributed by atoms with Gasteiger partial charge in [-0.05, 0) is 19.1 Å². The van der Waals surface area contributed by atoms with Gasteiger partial charge >= 0.3 is 0 Å². The van der Waals surface area contributed by atoms with E-state index in [2.05, 4.69) is 5.32 Å². The van der Waals surface area contributed by atoms with E-state index in [1.165, 1.54) is 18.2 Å². The van der Waals surface area contributed by atoms with Gasteiger partial charge in [0.1, 0.15) is 23.9 Å². The number of nitro groups is 1. The Morgan fingerprint density at radius 1 is 1.29 bits per heavy atom. The molecule has 2 aromatic rings. The van der Waals surface area contributed by atoms with Crippen LogP contribution in [0.5, 0.6) is 5.75 Å². The van der Waals surface area contributed by atoms with Crippen LogP contribution >= 0.6 is 0 Å². The van der Waals surface area contributed by atoms with Crippen molar-refractivity contribution in [3.63, 3.8) is 0 Å². The molecule has 5 nitrogen and oxygen atoms in total. The lowest BCUT2D eigenvalue weighted by Gasteiger charge is -2.12.